The van der Waals surface area contributed by atoms with Crippen molar-refractivity contribution in [3.63, 3.8) is 0 Å². The minimum absolute atomic E-state index is 0.153. The van der Waals surface area contributed by atoms with Crippen LogP contribution in [0.2, 0.25) is 15.1 Å². The predicted molar refractivity (Wildman–Crippen MR) is 143 cm³/mol. The van der Waals surface area contributed by atoms with Gasteiger partial charge in [-0.3, -0.25) is 9.59 Å². The highest BCUT2D eigenvalue weighted by Crippen LogP contribution is 2.26. The maximum Gasteiger partial charge on any atom is 0.242 e. The fourth-order valence-corrected chi connectivity index (χ4v) is 5.16. The number of carbonyl (C=O) groups excluding carboxylic acids is 2. The van der Waals surface area contributed by atoms with Gasteiger partial charge in [0, 0.05) is 40.8 Å². The number of benzene rings is 3. The molecule has 3 rings (SSSR count). The van der Waals surface area contributed by atoms with E-state index in [4.69, 9.17) is 34.8 Å². The molecule has 0 spiro atoms. The Morgan fingerprint density at radius 3 is 2.29 bits per heavy atom. The number of hydrogen-bond donors (Lipinski definition) is 1. The number of carbonyl (C=O) groups is 2. The van der Waals surface area contributed by atoms with Crippen LogP contribution in [0.3, 0.4) is 0 Å². The Kier molecular flexibility index (Phi) is 10.1. The van der Waals surface area contributed by atoms with E-state index < -0.39 is 6.04 Å². The van der Waals surface area contributed by atoms with E-state index in [9.17, 15) is 9.59 Å². The molecule has 1 atom stereocenters. The first-order chi connectivity index (χ1) is 16.4. The predicted octanol–water partition coefficient (Wildman–Crippen LogP) is 6.27. The van der Waals surface area contributed by atoms with Crippen molar-refractivity contribution in [1.82, 2.24) is 10.2 Å². The molecule has 8 heteroatoms. The Hall–Kier alpha value is -2.18. The number of hydrogen-bond acceptors (Lipinski definition) is 3. The smallest absolute Gasteiger partial charge is 0.242 e. The Morgan fingerprint density at radius 1 is 0.912 bits per heavy atom. The Labute approximate surface area is 219 Å². The van der Waals surface area contributed by atoms with Crippen LogP contribution in [0.15, 0.2) is 72.8 Å². The van der Waals surface area contributed by atoms with Crippen LogP contribution in [-0.2, 0) is 28.3 Å². The third-order valence-corrected chi connectivity index (χ3v) is 7.24. The highest BCUT2D eigenvalue weighted by Gasteiger charge is 2.30. The van der Waals surface area contributed by atoms with Gasteiger partial charge in [0.2, 0.25) is 11.8 Å². The fraction of sp³-hybridized carbons (Fsp3) is 0.231. The molecule has 0 aliphatic carbocycles. The van der Waals surface area contributed by atoms with Crippen molar-refractivity contribution in [2.24, 2.45) is 0 Å². The van der Waals surface area contributed by atoms with Crippen LogP contribution in [0.25, 0.3) is 0 Å². The average molecular weight is 536 g/mol. The van der Waals surface area contributed by atoms with Crippen LogP contribution in [0.4, 0.5) is 0 Å². The number of nitrogens with one attached hydrogen (secondary N) is 1. The molecule has 3 aromatic rings. The first-order valence-corrected chi connectivity index (χ1v) is 13.0. The number of thioether (sulfide) groups is 1. The van der Waals surface area contributed by atoms with E-state index in [0.717, 1.165) is 16.7 Å². The molecular weight excluding hydrogens is 511 g/mol. The van der Waals surface area contributed by atoms with E-state index in [1.165, 1.54) is 11.8 Å². The van der Waals surface area contributed by atoms with Crippen LogP contribution in [0.1, 0.15) is 16.7 Å². The third-order valence-electron chi connectivity index (χ3n) is 5.31. The highest BCUT2D eigenvalue weighted by molar-refractivity contribution is 7.99. The quantitative estimate of drug-likeness (QED) is 0.333. The lowest BCUT2D eigenvalue weighted by Crippen LogP contribution is -2.50. The van der Waals surface area contributed by atoms with Gasteiger partial charge < -0.3 is 10.2 Å². The summed E-state index contributed by atoms with van der Waals surface area (Å²) in [5.41, 5.74) is 2.65. The first-order valence-electron chi connectivity index (χ1n) is 10.7. The lowest BCUT2D eigenvalue weighted by Gasteiger charge is -2.31. The van der Waals surface area contributed by atoms with Crippen LogP contribution in [-0.4, -0.2) is 35.6 Å². The minimum atomic E-state index is -0.684. The highest BCUT2D eigenvalue weighted by atomic mass is 35.5. The largest absolute Gasteiger partial charge is 0.357 e. The summed E-state index contributed by atoms with van der Waals surface area (Å²) in [5.74, 6) is 0.353. The summed E-state index contributed by atoms with van der Waals surface area (Å²) in [5, 5.41) is 4.39. The Morgan fingerprint density at radius 2 is 1.62 bits per heavy atom. The Bertz CT molecular complexity index is 1130. The van der Waals surface area contributed by atoms with Crippen LogP contribution in [0, 0.1) is 0 Å². The van der Waals surface area contributed by atoms with Gasteiger partial charge in [-0.2, -0.15) is 0 Å². The van der Waals surface area contributed by atoms with Gasteiger partial charge in [-0.15, -0.1) is 11.8 Å². The summed E-state index contributed by atoms with van der Waals surface area (Å²) in [7, 11) is 1.58. The molecule has 178 valence electrons. The summed E-state index contributed by atoms with van der Waals surface area (Å²) in [6.07, 6.45) is 0.393. The van der Waals surface area contributed by atoms with E-state index in [2.05, 4.69) is 5.32 Å². The normalized spacial score (nSPS) is 11.6. The van der Waals surface area contributed by atoms with Gasteiger partial charge in [0.15, 0.2) is 0 Å². The molecule has 0 aromatic heterocycles. The van der Waals surface area contributed by atoms with Crippen molar-refractivity contribution in [3.8, 4) is 0 Å². The average Bonchev–Trinajstić information content (AvgIpc) is 2.83. The van der Waals surface area contributed by atoms with E-state index in [-0.39, 0.29) is 24.1 Å². The molecule has 0 fully saturated rings. The molecule has 34 heavy (non-hydrogen) atoms. The van der Waals surface area contributed by atoms with Gasteiger partial charge >= 0.3 is 0 Å². The Balaban J connectivity index is 1.82. The van der Waals surface area contributed by atoms with Crippen molar-refractivity contribution in [2.75, 3.05) is 12.8 Å². The van der Waals surface area contributed by atoms with Gasteiger partial charge in [-0.25, -0.2) is 0 Å². The molecule has 4 nitrogen and oxygen atoms in total. The maximum absolute atomic E-state index is 13.5. The number of rotatable bonds is 10. The van der Waals surface area contributed by atoms with Gasteiger partial charge in [-0.05, 0) is 34.9 Å². The summed E-state index contributed by atoms with van der Waals surface area (Å²) in [4.78, 5) is 28.0. The summed E-state index contributed by atoms with van der Waals surface area (Å²) >= 11 is 20.1. The summed E-state index contributed by atoms with van der Waals surface area (Å²) in [6, 6.07) is 21.6. The minimum Gasteiger partial charge on any atom is -0.357 e. The van der Waals surface area contributed by atoms with E-state index in [1.807, 2.05) is 54.6 Å². The lowest BCUT2D eigenvalue weighted by atomic mass is 10.0. The molecule has 0 aliphatic heterocycles. The molecule has 2 amide bonds. The molecule has 0 radical (unpaired) electrons. The van der Waals surface area contributed by atoms with E-state index in [1.54, 1.807) is 30.1 Å². The molecule has 0 bridgehead atoms. The second kappa shape index (κ2) is 13.1. The molecule has 0 heterocycles. The zero-order chi connectivity index (χ0) is 24.5. The zero-order valence-electron chi connectivity index (χ0n) is 18.6. The fourth-order valence-electron chi connectivity index (χ4n) is 3.50. The standard InChI is InChI=1S/C26H25Cl3N2O2S/c1-30-26(33)24(13-18-7-3-2-4-8-18)31(15-19-9-5-6-10-22(19)28)25(32)17-34-16-20-11-12-21(27)14-23(20)29/h2-12,14,24H,13,15-17H2,1H3,(H,30,33)/t24-/m0/s1. The lowest BCUT2D eigenvalue weighted by molar-refractivity contribution is -0.139. The van der Waals surface area contributed by atoms with Crippen molar-refractivity contribution in [2.45, 2.75) is 24.8 Å². The van der Waals surface area contributed by atoms with Crippen molar-refractivity contribution in [3.05, 3.63) is 105 Å². The molecule has 1 N–H and O–H groups in total. The van der Waals surface area contributed by atoms with Gasteiger partial charge in [0.25, 0.3) is 0 Å². The molecule has 0 saturated heterocycles. The number of halogens is 3. The van der Waals surface area contributed by atoms with Crippen LogP contribution in [0.5, 0.6) is 0 Å². The van der Waals surface area contributed by atoms with Crippen molar-refractivity contribution < 1.29 is 9.59 Å². The van der Waals surface area contributed by atoms with Crippen LogP contribution >= 0.6 is 46.6 Å². The van der Waals surface area contributed by atoms with Gasteiger partial charge in [0.05, 0.1) is 5.75 Å². The molecule has 3 aromatic carbocycles. The number of likely N-dealkylation sites (N-methyl/N-ethyl adjacent to an activating group) is 1. The van der Waals surface area contributed by atoms with Crippen molar-refractivity contribution >= 4 is 58.4 Å². The zero-order valence-corrected chi connectivity index (χ0v) is 21.7. The molecule has 0 unspecified atom stereocenters. The van der Waals surface area contributed by atoms with Gasteiger partial charge in [0.1, 0.15) is 6.04 Å². The molecular formula is C26H25Cl3N2O2S. The monoisotopic (exact) mass is 534 g/mol. The molecule has 0 saturated carbocycles. The third kappa shape index (κ3) is 7.41. The van der Waals surface area contributed by atoms with Crippen molar-refractivity contribution in [1.29, 1.82) is 0 Å². The second-order valence-electron chi connectivity index (χ2n) is 7.66. The van der Waals surface area contributed by atoms with E-state index >= 15 is 0 Å². The molecule has 0 aliphatic rings. The number of nitrogens with zero attached hydrogens (tertiary/aromatic N) is 1. The van der Waals surface area contributed by atoms with Crippen LogP contribution < -0.4 is 5.32 Å². The summed E-state index contributed by atoms with van der Waals surface area (Å²) in [6.45, 7) is 0.228. The van der Waals surface area contributed by atoms with E-state index in [0.29, 0.717) is 27.2 Å². The topological polar surface area (TPSA) is 49.4 Å². The van der Waals surface area contributed by atoms with Gasteiger partial charge in [-0.1, -0.05) is 89.4 Å². The SMILES string of the molecule is CNC(=O)[C@H](Cc1ccccc1)N(Cc1ccccc1Cl)C(=O)CSCc1ccc(Cl)cc1Cl. The summed E-state index contributed by atoms with van der Waals surface area (Å²) < 4.78 is 0. The second-order valence-corrected chi connectivity index (χ2v) is 9.90. The maximum atomic E-state index is 13.5. The number of amides is 2. The first kappa shape index (κ1) is 26.4.